The van der Waals surface area contributed by atoms with Crippen LogP contribution in [0.3, 0.4) is 0 Å². The van der Waals surface area contributed by atoms with Crippen molar-refractivity contribution in [2.24, 2.45) is 0 Å². The van der Waals surface area contributed by atoms with E-state index in [0.29, 0.717) is 55.6 Å². The molecule has 0 aliphatic carbocycles. The van der Waals surface area contributed by atoms with E-state index in [9.17, 15) is 4.79 Å². The summed E-state index contributed by atoms with van der Waals surface area (Å²) in [5.41, 5.74) is 1.45. The van der Waals surface area contributed by atoms with Crippen LogP contribution in [0.25, 0.3) is 0 Å². The minimum atomic E-state index is -0.894. The van der Waals surface area contributed by atoms with E-state index >= 15 is 0 Å². The molecule has 10 heteroatoms. The molecule has 9 nitrogen and oxygen atoms in total. The Labute approximate surface area is 179 Å². The average Bonchev–Trinajstić information content (AvgIpc) is 2.73. The molecule has 0 saturated carbocycles. The quantitative estimate of drug-likeness (QED) is 0.493. The van der Waals surface area contributed by atoms with Crippen LogP contribution in [-0.4, -0.2) is 69.7 Å². The van der Waals surface area contributed by atoms with Gasteiger partial charge in [-0.25, -0.2) is 19.7 Å². The normalized spacial score (nSPS) is 14.6. The van der Waals surface area contributed by atoms with Crippen molar-refractivity contribution in [3.63, 3.8) is 0 Å². The first-order valence-electron chi connectivity index (χ1n) is 9.71. The molecule has 1 aliphatic rings. The monoisotopic (exact) mass is 434 g/mol. The van der Waals surface area contributed by atoms with Crippen LogP contribution in [0.4, 0.5) is 4.79 Å². The minimum Gasteiger partial charge on any atom is -0.474 e. The van der Waals surface area contributed by atoms with E-state index < -0.39 is 6.09 Å². The molecule has 30 heavy (non-hydrogen) atoms. The van der Waals surface area contributed by atoms with Gasteiger partial charge >= 0.3 is 6.09 Å². The molecule has 0 radical (unpaired) electrons. The Kier molecular flexibility index (Phi) is 7.69. The highest BCUT2D eigenvalue weighted by Gasteiger charge is 2.25. The molecule has 0 bridgehead atoms. The molecule has 3 rings (SSSR count). The van der Waals surface area contributed by atoms with Gasteiger partial charge in [0.25, 0.3) is 0 Å². The number of ether oxygens (including phenoxy) is 3. The number of thioether (sulfide) groups is 1. The number of hydrogen-bond acceptors (Lipinski definition) is 8. The predicted octanol–water partition coefficient (Wildman–Crippen LogP) is 3.54. The molecule has 0 aromatic carbocycles. The van der Waals surface area contributed by atoms with Crippen LogP contribution in [0, 0.1) is 13.8 Å². The number of carboxylic acid groups (broad SMARTS) is 1. The summed E-state index contributed by atoms with van der Waals surface area (Å²) < 4.78 is 17.1. The summed E-state index contributed by atoms with van der Waals surface area (Å²) in [5, 5.41) is 9.97. The maximum absolute atomic E-state index is 11.0. The topological polar surface area (TPSA) is 107 Å². The Morgan fingerprint density at radius 1 is 1.23 bits per heavy atom. The van der Waals surface area contributed by atoms with E-state index in [-0.39, 0.29) is 6.10 Å². The van der Waals surface area contributed by atoms with Gasteiger partial charge in [-0.1, -0.05) is 0 Å². The standard InChI is InChI=1S/C20H26N4O5S/c1-13-18(28-15-6-8-24(9-7-15)20(25)26)21-12-22-19(13)29-16-4-5-17(23-14(16)2)30-11-10-27-3/h4-5,12,15H,6-11H2,1-3H3,(H,25,26). The summed E-state index contributed by atoms with van der Waals surface area (Å²) in [5.74, 6) is 2.31. The number of carbonyl (C=O) groups is 1. The third kappa shape index (κ3) is 5.73. The van der Waals surface area contributed by atoms with E-state index in [1.807, 2.05) is 26.0 Å². The molecule has 1 aliphatic heterocycles. The van der Waals surface area contributed by atoms with Crippen molar-refractivity contribution >= 4 is 17.9 Å². The molecule has 1 saturated heterocycles. The Bertz CT molecular complexity index is 874. The van der Waals surface area contributed by atoms with Gasteiger partial charge in [0.15, 0.2) is 5.75 Å². The van der Waals surface area contributed by atoms with Gasteiger partial charge in [0, 0.05) is 38.8 Å². The van der Waals surface area contributed by atoms with Gasteiger partial charge in [-0.3, -0.25) is 0 Å². The number of piperidine rings is 1. The molecule has 0 spiro atoms. The van der Waals surface area contributed by atoms with Crippen LogP contribution in [-0.2, 0) is 4.74 Å². The minimum absolute atomic E-state index is 0.0890. The van der Waals surface area contributed by atoms with Crippen molar-refractivity contribution in [3.05, 3.63) is 29.7 Å². The summed E-state index contributed by atoms with van der Waals surface area (Å²) in [6.07, 6.45) is 1.67. The second kappa shape index (κ2) is 10.4. The lowest BCUT2D eigenvalue weighted by Gasteiger charge is -2.30. The molecule has 1 amide bonds. The molecule has 2 aromatic rings. The first-order valence-corrected chi connectivity index (χ1v) is 10.7. The summed E-state index contributed by atoms with van der Waals surface area (Å²) in [7, 11) is 1.68. The van der Waals surface area contributed by atoms with Gasteiger partial charge in [-0.05, 0) is 26.0 Å². The van der Waals surface area contributed by atoms with Crippen LogP contribution < -0.4 is 9.47 Å². The number of methoxy groups -OCH3 is 1. The van der Waals surface area contributed by atoms with E-state index in [1.165, 1.54) is 11.2 Å². The zero-order chi connectivity index (χ0) is 21.5. The lowest BCUT2D eigenvalue weighted by molar-refractivity contribution is 0.0864. The summed E-state index contributed by atoms with van der Waals surface area (Å²) >= 11 is 1.62. The smallest absolute Gasteiger partial charge is 0.407 e. The first kappa shape index (κ1) is 22.1. The van der Waals surface area contributed by atoms with Gasteiger partial charge in [-0.15, -0.1) is 11.8 Å². The van der Waals surface area contributed by atoms with Crippen molar-refractivity contribution in [2.45, 2.75) is 37.8 Å². The van der Waals surface area contributed by atoms with Gasteiger partial charge < -0.3 is 24.2 Å². The zero-order valence-electron chi connectivity index (χ0n) is 17.3. The molecule has 0 atom stereocenters. The number of pyridine rings is 1. The van der Waals surface area contributed by atoms with Crippen LogP contribution >= 0.6 is 11.8 Å². The Balaban J connectivity index is 1.64. The van der Waals surface area contributed by atoms with Crippen molar-refractivity contribution < 1.29 is 24.1 Å². The third-order valence-corrected chi connectivity index (χ3v) is 5.63. The molecule has 1 fully saturated rings. The van der Waals surface area contributed by atoms with E-state index in [1.54, 1.807) is 18.9 Å². The lowest BCUT2D eigenvalue weighted by Crippen LogP contribution is -2.41. The number of aromatic nitrogens is 3. The third-order valence-electron chi connectivity index (χ3n) is 4.74. The predicted molar refractivity (Wildman–Crippen MR) is 112 cm³/mol. The molecule has 2 aromatic heterocycles. The van der Waals surface area contributed by atoms with Gasteiger partial charge in [-0.2, -0.15) is 0 Å². The molecule has 162 valence electrons. The summed E-state index contributed by atoms with van der Waals surface area (Å²) in [6.45, 7) is 5.30. The zero-order valence-corrected chi connectivity index (χ0v) is 18.1. The van der Waals surface area contributed by atoms with E-state index in [2.05, 4.69) is 15.0 Å². The second-order valence-corrected chi connectivity index (χ2v) is 7.99. The number of hydrogen-bond donors (Lipinski definition) is 1. The largest absolute Gasteiger partial charge is 0.474 e. The van der Waals surface area contributed by atoms with Crippen molar-refractivity contribution in [1.82, 2.24) is 19.9 Å². The van der Waals surface area contributed by atoms with Crippen molar-refractivity contribution in [3.8, 4) is 17.5 Å². The average molecular weight is 435 g/mol. The van der Waals surface area contributed by atoms with E-state index in [4.69, 9.17) is 19.3 Å². The highest BCUT2D eigenvalue weighted by Crippen LogP contribution is 2.31. The molecular weight excluding hydrogens is 408 g/mol. The van der Waals surface area contributed by atoms with Crippen LogP contribution in [0.2, 0.25) is 0 Å². The number of likely N-dealkylation sites (tertiary alicyclic amines) is 1. The van der Waals surface area contributed by atoms with Gasteiger partial charge in [0.1, 0.15) is 12.4 Å². The summed E-state index contributed by atoms with van der Waals surface area (Å²) in [4.78, 5) is 25.5. The lowest BCUT2D eigenvalue weighted by atomic mass is 10.1. The summed E-state index contributed by atoms with van der Waals surface area (Å²) in [6, 6.07) is 3.79. The fraction of sp³-hybridized carbons (Fsp3) is 0.500. The second-order valence-electron chi connectivity index (χ2n) is 6.87. The van der Waals surface area contributed by atoms with Crippen LogP contribution in [0.15, 0.2) is 23.5 Å². The van der Waals surface area contributed by atoms with Crippen molar-refractivity contribution in [2.75, 3.05) is 32.6 Å². The maximum atomic E-state index is 11.0. The SMILES string of the molecule is COCCSc1ccc(Oc2ncnc(OC3CCN(C(=O)O)CC3)c2C)c(C)n1. The fourth-order valence-electron chi connectivity index (χ4n) is 3.01. The van der Waals surface area contributed by atoms with Crippen molar-refractivity contribution in [1.29, 1.82) is 0 Å². The fourth-order valence-corrected chi connectivity index (χ4v) is 3.84. The number of aryl methyl sites for hydroxylation is 1. The highest BCUT2D eigenvalue weighted by atomic mass is 32.2. The number of amides is 1. The Morgan fingerprint density at radius 2 is 1.97 bits per heavy atom. The molecular formula is C20H26N4O5S. The van der Waals surface area contributed by atoms with Crippen LogP contribution in [0.5, 0.6) is 17.5 Å². The maximum Gasteiger partial charge on any atom is 0.407 e. The van der Waals surface area contributed by atoms with Gasteiger partial charge in [0.2, 0.25) is 11.8 Å². The molecule has 3 heterocycles. The number of rotatable bonds is 8. The number of nitrogens with zero attached hydrogens (tertiary/aromatic N) is 4. The van der Waals surface area contributed by atoms with Crippen LogP contribution in [0.1, 0.15) is 24.1 Å². The van der Waals surface area contributed by atoms with E-state index in [0.717, 1.165) is 16.5 Å². The Hall–Kier alpha value is -2.59. The van der Waals surface area contributed by atoms with Gasteiger partial charge in [0.05, 0.1) is 22.9 Å². The highest BCUT2D eigenvalue weighted by molar-refractivity contribution is 7.99. The molecule has 1 N–H and O–H groups in total. The molecule has 0 unspecified atom stereocenters. The Morgan fingerprint density at radius 3 is 2.63 bits per heavy atom. The first-order chi connectivity index (χ1) is 14.5.